The second kappa shape index (κ2) is 4.49. The summed E-state index contributed by atoms with van der Waals surface area (Å²) in [6.45, 7) is 0.729. The highest BCUT2D eigenvalue weighted by molar-refractivity contribution is 6.30. The van der Waals surface area contributed by atoms with Gasteiger partial charge in [-0.05, 0) is 18.9 Å². The summed E-state index contributed by atoms with van der Waals surface area (Å²) in [5, 5.41) is 3.30. The van der Waals surface area contributed by atoms with Crippen LogP contribution < -0.4 is 10.1 Å². The number of carbonyl (C=O) groups is 1. The van der Waals surface area contributed by atoms with Gasteiger partial charge >= 0.3 is 0 Å². The zero-order chi connectivity index (χ0) is 10.7. The number of aromatic nitrogens is 1. The van der Waals surface area contributed by atoms with Crippen molar-refractivity contribution in [1.82, 2.24) is 10.3 Å². The first kappa shape index (κ1) is 10.2. The van der Waals surface area contributed by atoms with Gasteiger partial charge in [-0.1, -0.05) is 11.6 Å². The summed E-state index contributed by atoms with van der Waals surface area (Å²) in [5.41, 5.74) is 0. The number of ether oxygens (including phenoxy) is 1. The number of amides is 1. The molecule has 15 heavy (non-hydrogen) atoms. The van der Waals surface area contributed by atoms with E-state index in [1.807, 2.05) is 0 Å². The molecule has 0 saturated carbocycles. The Bertz CT molecular complexity index is 353. The lowest BCUT2D eigenvalue weighted by atomic mass is 10.1. The molecule has 1 aliphatic rings. The molecule has 1 aromatic rings. The van der Waals surface area contributed by atoms with Crippen molar-refractivity contribution in [1.29, 1.82) is 0 Å². The van der Waals surface area contributed by atoms with E-state index in [1.165, 1.54) is 6.20 Å². The fourth-order valence-electron chi connectivity index (χ4n) is 1.43. The van der Waals surface area contributed by atoms with Gasteiger partial charge in [-0.2, -0.15) is 0 Å². The number of piperidine rings is 1. The predicted octanol–water partition coefficient (Wildman–Crippen LogP) is 1.39. The molecule has 4 nitrogen and oxygen atoms in total. The molecule has 1 aliphatic heterocycles. The Morgan fingerprint density at radius 1 is 1.53 bits per heavy atom. The van der Waals surface area contributed by atoms with Crippen LogP contribution in [0.5, 0.6) is 5.88 Å². The van der Waals surface area contributed by atoms with Gasteiger partial charge in [0.1, 0.15) is 0 Å². The standard InChI is InChI=1S/C10H11ClN2O2/c11-7-3-4-9(13-6-7)15-8-2-1-5-12-10(8)14/h3-4,6,8H,1-2,5H2,(H,12,14). The van der Waals surface area contributed by atoms with Crippen molar-refractivity contribution in [3.8, 4) is 5.88 Å². The lowest BCUT2D eigenvalue weighted by Crippen LogP contribution is -2.43. The first-order valence-corrected chi connectivity index (χ1v) is 5.19. The summed E-state index contributed by atoms with van der Waals surface area (Å²) in [5.74, 6) is 0.361. The van der Waals surface area contributed by atoms with Gasteiger partial charge in [0.25, 0.3) is 5.91 Å². The molecule has 1 atom stereocenters. The maximum atomic E-state index is 11.4. The molecule has 1 N–H and O–H groups in total. The fourth-order valence-corrected chi connectivity index (χ4v) is 1.55. The highest BCUT2D eigenvalue weighted by atomic mass is 35.5. The Kier molecular flexibility index (Phi) is 3.06. The maximum Gasteiger partial charge on any atom is 0.261 e. The summed E-state index contributed by atoms with van der Waals surface area (Å²) in [6.07, 6.45) is 2.74. The van der Waals surface area contributed by atoms with Crippen molar-refractivity contribution in [2.24, 2.45) is 0 Å². The van der Waals surface area contributed by atoms with Crippen LogP contribution in [0, 0.1) is 0 Å². The maximum absolute atomic E-state index is 11.4. The first-order chi connectivity index (χ1) is 7.25. The number of halogens is 1. The molecule has 0 bridgehead atoms. The molecule has 0 spiro atoms. The number of nitrogens with one attached hydrogen (secondary N) is 1. The van der Waals surface area contributed by atoms with Crippen LogP contribution in [0.15, 0.2) is 18.3 Å². The van der Waals surface area contributed by atoms with E-state index in [-0.39, 0.29) is 5.91 Å². The second-order valence-corrected chi connectivity index (χ2v) is 3.79. The quantitative estimate of drug-likeness (QED) is 0.829. The Labute approximate surface area is 92.6 Å². The molecule has 1 amide bonds. The summed E-state index contributed by atoms with van der Waals surface area (Å²) in [4.78, 5) is 15.3. The molecule has 80 valence electrons. The van der Waals surface area contributed by atoms with Gasteiger partial charge in [-0.25, -0.2) is 4.98 Å². The summed E-state index contributed by atoms with van der Waals surface area (Å²) < 4.78 is 5.44. The highest BCUT2D eigenvalue weighted by Gasteiger charge is 2.23. The summed E-state index contributed by atoms with van der Waals surface area (Å²) >= 11 is 5.69. The van der Waals surface area contributed by atoms with E-state index in [9.17, 15) is 4.79 Å². The van der Waals surface area contributed by atoms with E-state index in [0.717, 1.165) is 19.4 Å². The fraction of sp³-hybridized carbons (Fsp3) is 0.400. The van der Waals surface area contributed by atoms with Crippen molar-refractivity contribution in [2.75, 3.05) is 6.54 Å². The zero-order valence-corrected chi connectivity index (χ0v) is 8.83. The Morgan fingerprint density at radius 3 is 3.07 bits per heavy atom. The molecule has 0 aliphatic carbocycles. The van der Waals surface area contributed by atoms with Crippen molar-refractivity contribution in [3.63, 3.8) is 0 Å². The third-order valence-corrected chi connectivity index (χ3v) is 2.42. The van der Waals surface area contributed by atoms with Crippen molar-refractivity contribution in [2.45, 2.75) is 18.9 Å². The Morgan fingerprint density at radius 2 is 2.40 bits per heavy atom. The van der Waals surface area contributed by atoms with E-state index in [1.54, 1.807) is 12.1 Å². The molecule has 0 aromatic carbocycles. The average molecular weight is 227 g/mol. The van der Waals surface area contributed by atoms with Crippen molar-refractivity contribution in [3.05, 3.63) is 23.4 Å². The summed E-state index contributed by atoms with van der Waals surface area (Å²) in [6, 6.07) is 3.34. The molecule has 0 radical (unpaired) electrons. The molecular formula is C10H11ClN2O2. The number of pyridine rings is 1. The molecule has 1 unspecified atom stereocenters. The smallest absolute Gasteiger partial charge is 0.261 e. The van der Waals surface area contributed by atoms with Crippen LogP contribution in [0.3, 0.4) is 0 Å². The average Bonchev–Trinajstić information content (AvgIpc) is 2.25. The topological polar surface area (TPSA) is 51.2 Å². The van der Waals surface area contributed by atoms with Gasteiger partial charge < -0.3 is 10.1 Å². The van der Waals surface area contributed by atoms with Gasteiger partial charge in [0, 0.05) is 18.8 Å². The molecule has 1 aromatic heterocycles. The number of hydrogen-bond acceptors (Lipinski definition) is 3. The van der Waals surface area contributed by atoms with Crippen molar-refractivity contribution >= 4 is 17.5 Å². The van der Waals surface area contributed by atoms with E-state index < -0.39 is 6.10 Å². The van der Waals surface area contributed by atoms with Crippen LogP contribution in [0.2, 0.25) is 5.02 Å². The highest BCUT2D eigenvalue weighted by Crippen LogP contribution is 2.15. The SMILES string of the molecule is O=C1NCCCC1Oc1ccc(Cl)cn1. The van der Waals surface area contributed by atoms with Crippen LogP contribution in [0.1, 0.15) is 12.8 Å². The lowest BCUT2D eigenvalue weighted by Gasteiger charge is -2.22. The van der Waals surface area contributed by atoms with Crippen LogP contribution in [0.25, 0.3) is 0 Å². The van der Waals surface area contributed by atoms with E-state index >= 15 is 0 Å². The lowest BCUT2D eigenvalue weighted by molar-refractivity contribution is -0.130. The molecule has 1 fully saturated rings. The minimum atomic E-state index is -0.424. The summed E-state index contributed by atoms with van der Waals surface area (Å²) in [7, 11) is 0. The first-order valence-electron chi connectivity index (χ1n) is 4.81. The number of rotatable bonds is 2. The van der Waals surface area contributed by atoms with E-state index in [0.29, 0.717) is 10.9 Å². The van der Waals surface area contributed by atoms with Crippen molar-refractivity contribution < 1.29 is 9.53 Å². The molecule has 1 saturated heterocycles. The van der Waals surface area contributed by atoms with Gasteiger partial charge in [0.2, 0.25) is 5.88 Å². The van der Waals surface area contributed by atoms with Crippen LogP contribution in [-0.2, 0) is 4.79 Å². The minimum absolute atomic E-state index is 0.0713. The second-order valence-electron chi connectivity index (χ2n) is 3.35. The Hall–Kier alpha value is -1.29. The Balaban J connectivity index is 2.01. The van der Waals surface area contributed by atoms with Crippen LogP contribution >= 0.6 is 11.6 Å². The number of nitrogens with zero attached hydrogens (tertiary/aromatic N) is 1. The predicted molar refractivity (Wildman–Crippen MR) is 55.9 cm³/mol. The van der Waals surface area contributed by atoms with Gasteiger partial charge in [-0.3, -0.25) is 4.79 Å². The normalized spacial score (nSPS) is 20.9. The van der Waals surface area contributed by atoms with E-state index in [4.69, 9.17) is 16.3 Å². The largest absolute Gasteiger partial charge is 0.464 e. The van der Waals surface area contributed by atoms with Gasteiger partial charge in [0.15, 0.2) is 6.10 Å². The third kappa shape index (κ3) is 2.59. The van der Waals surface area contributed by atoms with Gasteiger partial charge in [0.05, 0.1) is 5.02 Å². The number of carbonyl (C=O) groups excluding carboxylic acids is 1. The molecule has 2 rings (SSSR count). The van der Waals surface area contributed by atoms with Crippen LogP contribution in [0.4, 0.5) is 0 Å². The van der Waals surface area contributed by atoms with Crippen LogP contribution in [-0.4, -0.2) is 23.5 Å². The molecule has 2 heterocycles. The number of hydrogen-bond donors (Lipinski definition) is 1. The third-order valence-electron chi connectivity index (χ3n) is 2.20. The molecular weight excluding hydrogens is 216 g/mol. The minimum Gasteiger partial charge on any atom is -0.464 e. The molecule has 5 heteroatoms. The monoisotopic (exact) mass is 226 g/mol. The van der Waals surface area contributed by atoms with Gasteiger partial charge in [-0.15, -0.1) is 0 Å². The van der Waals surface area contributed by atoms with E-state index in [2.05, 4.69) is 10.3 Å². The zero-order valence-electron chi connectivity index (χ0n) is 8.07.